The maximum Gasteiger partial charge on any atom is 0.241 e. The summed E-state index contributed by atoms with van der Waals surface area (Å²) in [6.07, 6.45) is 0. The van der Waals surface area contributed by atoms with E-state index < -0.39 is 0 Å². The van der Waals surface area contributed by atoms with E-state index in [1.807, 2.05) is 62.2 Å². The number of hydrogen-bond acceptors (Lipinski definition) is 3. The fourth-order valence-electron chi connectivity index (χ4n) is 2.45. The van der Waals surface area contributed by atoms with Crippen LogP contribution in [0, 0.1) is 6.92 Å². The molecule has 0 heterocycles. The lowest BCUT2D eigenvalue weighted by Gasteiger charge is -2.25. The number of carbonyl (C=O) groups excluding carboxylic acids is 1. The molecule has 0 saturated carbocycles. The van der Waals surface area contributed by atoms with Gasteiger partial charge in [0.25, 0.3) is 0 Å². The molecule has 1 atom stereocenters. The molecule has 128 valence electrons. The molecule has 1 N–H and O–H groups in total. The second-order valence-electron chi connectivity index (χ2n) is 5.91. The Morgan fingerprint density at radius 2 is 2.04 bits per heavy atom. The molecule has 0 aliphatic carbocycles. The largest absolute Gasteiger partial charge is 0.496 e. The van der Waals surface area contributed by atoms with Crippen molar-refractivity contribution < 1.29 is 9.53 Å². The molecule has 0 radical (unpaired) electrons. The molecule has 0 saturated heterocycles. The van der Waals surface area contributed by atoms with Gasteiger partial charge in [0.15, 0.2) is 0 Å². The van der Waals surface area contributed by atoms with Gasteiger partial charge in [0.1, 0.15) is 5.75 Å². The van der Waals surface area contributed by atoms with Gasteiger partial charge in [0, 0.05) is 22.8 Å². The van der Waals surface area contributed by atoms with Crippen molar-refractivity contribution in [2.24, 2.45) is 0 Å². The van der Waals surface area contributed by atoms with Crippen LogP contribution in [0.2, 0.25) is 5.02 Å². The zero-order valence-corrected chi connectivity index (χ0v) is 15.2. The molecule has 2 aromatic carbocycles. The third-order valence-electron chi connectivity index (χ3n) is 3.99. The molecular formula is C19H23ClN2O2. The molecule has 0 aliphatic heterocycles. The average Bonchev–Trinajstić information content (AvgIpc) is 2.54. The van der Waals surface area contributed by atoms with E-state index >= 15 is 0 Å². The van der Waals surface area contributed by atoms with Crippen LogP contribution in [0.5, 0.6) is 5.75 Å². The molecule has 4 nitrogen and oxygen atoms in total. The SMILES string of the molecule is COc1ccc(Cl)cc1CN(C)[C@H](C)C(=O)Nc1cccc(C)c1. The number of aryl methyl sites for hydroxylation is 1. The molecule has 2 aromatic rings. The minimum Gasteiger partial charge on any atom is -0.496 e. The van der Waals surface area contributed by atoms with Gasteiger partial charge in [-0.05, 0) is 56.8 Å². The lowest BCUT2D eigenvalue weighted by Crippen LogP contribution is -2.39. The third-order valence-corrected chi connectivity index (χ3v) is 4.22. The normalized spacial score (nSPS) is 12.1. The van der Waals surface area contributed by atoms with Crippen LogP contribution < -0.4 is 10.1 Å². The van der Waals surface area contributed by atoms with Crippen molar-refractivity contribution in [3.63, 3.8) is 0 Å². The van der Waals surface area contributed by atoms with Gasteiger partial charge >= 0.3 is 0 Å². The summed E-state index contributed by atoms with van der Waals surface area (Å²) in [4.78, 5) is 14.4. The van der Waals surface area contributed by atoms with E-state index in [0.29, 0.717) is 11.6 Å². The van der Waals surface area contributed by atoms with E-state index in [9.17, 15) is 4.79 Å². The maximum atomic E-state index is 12.5. The van der Waals surface area contributed by atoms with E-state index in [2.05, 4.69) is 5.32 Å². The van der Waals surface area contributed by atoms with Gasteiger partial charge in [0.2, 0.25) is 5.91 Å². The highest BCUT2D eigenvalue weighted by atomic mass is 35.5. The Morgan fingerprint density at radius 1 is 1.29 bits per heavy atom. The van der Waals surface area contributed by atoms with E-state index in [-0.39, 0.29) is 11.9 Å². The summed E-state index contributed by atoms with van der Waals surface area (Å²) in [5, 5.41) is 3.60. The quantitative estimate of drug-likeness (QED) is 0.855. The zero-order chi connectivity index (χ0) is 17.7. The number of nitrogens with one attached hydrogen (secondary N) is 1. The summed E-state index contributed by atoms with van der Waals surface area (Å²) < 4.78 is 5.36. The summed E-state index contributed by atoms with van der Waals surface area (Å²) in [6.45, 7) is 4.44. The van der Waals surface area contributed by atoms with Gasteiger partial charge in [-0.25, -0.2) is 0 Å². The van der Waals surface area contributed by atoms with Crippen LogP contribution in [0.25, 0.3) is 0 Å². The minimum absolute atomic E-state index is 0.0518. The number of hydrogen-bond donors (Lipinski definition) is 1. The van der Waals surface area contributed by atoms with E-state index in [1.165, 1.54) is 0 Å². The van der Waals surface area contributed by atoms with Crippen LogP contribution in [-0.4, -0.2) is 31.0 Å². The molecule has 0 fully saturated rings. The maximum absolute atomic E-state index is 12.5. The number of amides is 1. The molecule has 0 bridgehead atoms. The van der Waals surface area contributed by atoms with Crippen molar-refractivity contribution in [1.82, 2.24) is 4.90 Å². The molecule has 0 aromatic heterocycles. The Labute approximate surface area is 148 Å². The highest BCUT2D eigenvalue weighted by Crippen LogP contribution is 2.24. The van der Waals surface area contributed by atoms with Crippen LogP contribution in [0.3, 0.4) is 0 Å². The first-order chi connectivity index (χ1) is 11.4. The lowest BCUT2D eigenvalue weighted by molar-refractivity contribution is -0.120. The van der Waals surface area contributed by atoms with Crippen molar-refractivity contribution in [2.45, 2.75) is 26.4 Å². The molecule has 0 spiro atoms. The second-order valence-corrected chi connectivity index (χ2v) is 6.34. The first-order valence-electron chi connectivity index (χ1n) is 7.81. The molecule has 5 heteroatoms. The van der Waals surface area contributed by atoms with Crippen LogP contribution in [0.15, 0.2) is 42.5 Å². The van der Waals surface area contributed by atoms with Gasteiger partial charge in [-0.3, -0.25) is 9.69 Å². The third kappa shape index (κ3) is 4.73. The van der Waals surface area contributed by atoms with Crippen LogP contribution in [-0.2, 0) is 11.3 Å². The van der Waals surface area contributed by atoms with Gasteiger partial charge in [-0.1, -0.05) is 23.7 Å². The molecule has 0 unspecified atom stereocenters. The number of likely N-dealkylation sites (N-methyl/N-ethyl adjacent to an activating group) is 1. The van der Waals surface area contributed by atoms with Gasteiger partial charge in [0.05, 0.1) is 13.2 Å². The number of halogens is 1. The molecular weight excluding hydrogens is 324 g/mol. The van der Waals surface area contributed by atoms with Crippen molar-refractivity contribution in [3.05, 3.63) is 58.6 Å². The fourth-order valence-corrected chi connectivity index (χ4v) is 2.64. The fraction of sp³-hybridized carbons (Fsp3) is 0.316. The van der Waals surface area contributed by atoms with Crippen LogP contribution in [0.4, 0.5) is 5.69 Å². The van der Waals surface area contributed by atoms with E-state index in [4.69, 9.17) is 16.3 Å². The van der Waals surface area contributed by atoms with E-state index in [0.717, 1.165) is 22.6 Å². The summed E-state index contributed by atoms with van der Waals surface area (Å²) in [6, 6.07) is 13.0. The van der Waals surface area contributed by atoms with Crippen molar-refractivity contribution >= 4 is 23.2 Å². The van der Waals surface area contributed by atoms with Crippen molar-refractivity contribution in [1.29, 1.82) is 0 Å². The predicted molar refractivity (Wildman–Crippen MR) is 98.7 cm³/mol. The summed E-state index contributed by atoms with van der Waals surface area (Å²) >= 11 is 6.07. The van der Waals surface area contributed by atoms with Crippen molar-refractivity contribution in [3.8, 4) is 5.75 Å². The Kier molecular flexibility index (Phi) is 6.23. The van der Waals surface area contributed by atoms with E-state index in [1.54, 1.807) is 13.2 Å². The second kappa shape index (κ2) is 8.18. The number of rotatable bonds is 6. The van der Waals surface area contributed by atoms with Gasteiger partial charge in [-0.15, -0.1) is 0 Å². The number of benzene rings is 2. The predicted octanol–water partition coefficient (Wildman–Crippen LogP) is 4.12. The molecule has 24 heavy (non-hydrogen) atoms. The summed E-state index contributed by atoms with van der Waals surface area (Å²) in [5.41, 5.74) is 2.86. The summed E-state index contributed by atoms with van der Waals surface area (Å²) in [7, 11) is 3.53. The number of methoxy groups -OCH3 is 1. The Hall–Kier alpha value is -2.04. The van der Waals surface area contributed by atoms with Gasteiger partial charge in [-0.2, -0.15) is 0 Å². The number of nitrogens with zero attached hydrogens (tertiary/aromatic N) is 1. The standard InChI is InChI=1S/C19H23ClN2O2/c1-13-6-5-7-17(10-13)21-19(23)14(2)22(3)12-15-11-16(20)8-9-18(15)24-4/h5-11,14H,12H2,1-4H3,(H,21,23)/t14-/m1/s1. The highest BCUT2D eigenvalue weighted by Gasteiger charge is 2.19. The molecule has 0 aliphatic rings. The van der Waals surface area contributed by atoms with Crippen LogP contribution in [0.1, 0.15) is 18.1 Å². The Morgan fingerprint density at radius 3 is 2.71 bits per heavy atom. The van der Waals surface area contributed by atoms with Crippen molar-refractivity contribution in [2.75, 3.05) is 19.5 Å². The first kappa shape index (κ1) is 18.3. The molecule has 2 rings (SSSR count). The number of carbonyl (C=O) groups is 1. The summed E-state index contributed by atoms with van der Waals surface area (Å²) in [5.74, 6) is 0.710. The molecule has 1 amide bonds. The monoisotopic (exact) mass is 346 g/mol. The van der Waals surface area contributed by atoms with Crippen LogP contribution >= 0.6 is 11.6 Å². The number of ether oxygens (including phenoxy) is 1. The first-order valence-corrected chi connectivity index (χ1v) is 8.18. The average molecular weight is 347 g/mol. The Balaban J connectivity index is 2.05. The lowest BCUT2D eigenvalue weighted by atomic mass is 10.1. The topological polar surface area (TPSA) is 41.6 Å². The van der Waals surface area contributed by atoms with Gasteiger partial charge < -0.3 is 10.1 Å². The Bertz CT molecular complexity index is 718. The number of anilines is 1. The smallest absolute Gasteiger partial charge is 0.241 e. The zero-order valence-electron chi connectivity index (χ0n) is 14.5. The minimum atomic E-state index is -0.297. The highest BCUT2D eigenvalue weighted by molar-refractivity contribution is 6.30.